The normalized spacial score (nSPS) is 20.3. The predicted octanol–water partition coefficient (Wildman–Crippen LogP) is 1.27. The molecule has 2 heterocycles. The minimum absolute atomic E-state index is 0.0107. The summed E-state index contributed by atoms with van der Waals surface area (Å²) in [7, 11) is 0. The third-order valence-corrected chi connectivity index (χ3v) is 3.75. The Bertz CT molecular complexity index is 597. The summed E-state index contributed by atoms with van der Waals surface area (Å²) in [6.45, 7) is 5.59. The van der Waals surface area contributed by atoms with E-state index in [4.69, 9.17) is 9.47 Å². The maximum absolute atomic E-state index is 12.7. The minimum atomic E-state index is -0.342. The molecule has 0 atom stereocenters. The van der Waals surface area contributed by atoms with Gasteiger partial charge in [0.1, 0.15) is 5.75 Å². The van der Waals surface area contributed by atoms with E-state index in [1.165, 1.54) is 0 Å². The smallest absolute Gasteiger partial charge is 0.262 e. The van der Waals surface area contributed by atoms with Gasteiger partial charge in [-0.05, 0) is 32.0 Å². The van der Waals surface area contributed by atoms with Crippen molar-refractivity contribution in [2.75, 3.05) is 31.7 Å². The van der Waals surface area contributed by atoms with E-state index in [1.54, 1.807) is 18.2 Å². The molecule has 2 aliphatic rings. The Kier molecular flexibility index (Phi) is 3.33. The SMILES string of the molecule is CC1(C)COCCN1C(=O)c1ccc2c(c1)NC(=O)CO2. The average Bonchev–Trinajstić information content (AvgIpc) is 2.45. The van der Waals surface area contributed by atoms with Crippen LogP contribution in [0.15, 0.2) is 18.2 Å². The minimum Gasteiger partial charge on any atom is -0.482 e. The number of ether oxygens (including phenoxy) is 2. The molecule has 1 aromatic carbocycles. The third-order valence-electron chi connectivity index (χ3n) is 3.75. The van der Waals surface area contributed by atoms with Gasteiger partial charge in [-0.1, -0.05) is 0 Å². The molecule has 0 saturated carbocycles. The van der Waals surface area contributed by atoms with Crippen LogP contribution in [0, 0.1) is 0 Å². The fourth-order valence-corrected chi connectivity index (χ4v) is 2.61. The van der Waals surface area contributed by atoms with E-state index in [2.05, 4.69) is 5.32 Å². The van der Waals surface area contributed by atoms with Gasteiger partial charge in [0.25, 0.3) is 11.8 Å². The molecule has 2 amide bonds. The number of rotatable bonds is 1. The van der Waals surface area contributed by atoms with Crippen molar-refractivity contribution in [3.63, 3.8) is 0 Å². The summed E-state index contributed by atoms with van der Waals surface area (Å²) in [4.78, 5) is 25.9. The van der Waals surface area contributed by atoms with E-state index >= 15 is 0 Å². The van der Waals surface area contributed by atoms with Crippen molar-refractivity contribution in [2.45, 2.75) is 19.4 Å². The molecule has 2 aliphatic heterocycles. The zero-order valence-electron chi connectivity index (χ0n) is 12.1. The molecule has 0 aromatic heterocycles. The number of benzene rings is 1. The topological polar surface area (TPSA) is 67.9 Å². The highest BCUT2D eigenvalue weighted by Crippen LogP contribution is 2.30. The number of morpholine rings is 1. The highest BCUT2D eigenvalue weighted by Gasteiger charge is 2.34. The van der Waals surface area contributed by atoms with Gasteiger partial charge in [-0.3, -0.25) is 9.59 Å². The molecule has 0 bridgehead atoms. The molecule has 1 saturated heterocycles. The zero-order chi connectivity index (χ0) is 15.0. The van der Waals surface area contributed by atoms with Crippen LogP contribution in [0.2, 0.25) is 0 Å². The first kappa shape index (κ1) is 13.9. The molecule has 6 nitrogen and oxygen atoms in total. The molecule has 0 aliphatic carbocycles. The van der Waals surface area contributed by atoms with E-state index in [0.29, 0.717) is 36.8 Å². The molecule has 0 radical (unpaired) electrons. The van der Waals surface area contributed by atoms with Gasteiger partial charge in [0.05, 0.1) is 24.4 Å². The van der Waals surface area contributed by atoms with Crippen molar-refractivity contribution in [1.82, 2.24) is 4.90 Å². The second-order valence-corrected chi connectivity index (χ2v) is 5.87. The lowest BCUT2D eigenvalue weighted by atomic mass is 10.0. The fraction of sp³-hybridized carbons (Fsp3) is 0.467. The summed E-state index contributed by atoms with van der Waals surface area (Å²) < 4.78 is 10.7. The largest absolute Gasteiger partial charge is 0.482 e. The summed E-state index contributed by atoms with van der Waals surface area (Å²) in [5.74, 6) is 0.317. The molecule has 112 valence electrons. The highest BCUT2D eigenvalue weighted by molar-refractivity contribution is 6.00. The van der Waals surface area contributed by atoms with Gasteiger partial charge in [-0.15, -0.1) is 0 Å². The van der Waals surface area contributed by atoms with Crippen LogP contribution in [-0.2, 0) is 9.53 Å². The summed E-state index contributed by atoms with van der Waals surface area (Å²) >= 11 is 0. The van der Waals surface area contributed by atoms with Crippen LogP contribution in [0.5, 0.6) is 5.75 Å². The van der Waals surface area contributed by atoms with Crippen LogP contribution in [0.4, 0.5) is 5.69 Å². The third kappa shape index (κ3) is 2.58. The van der Waals surface area contributed by atoms with Crippen molar-refractivity contribution in [3.05, 3.63) is 23.8 Å². The first-order valence-electron chi connectivity index (χ1n) is 6.94. The van der Waals surface area contributed by atoms with E-state index in [-0.39, 0.29) is 24.0 Å². The number of nitrogens with one attached hydrogen (secondary N) is 1. The van der Waals surface area contributed by atoms with E-state index < -0.39 is 0 Å². The van der Waals surface area contributed by atoms with Crippen molar-refractivity contribution in [3.8, 4) is 5.75 Å². The Morgan fingerprint density at radius 3 is 2.95 bits per heavy atom. The van der Waals surface area contributed by atoms with Crippen LogP contribution < -0.4 is 10.1 Å². The molecule has 0 unspecified atom stereocenters. The zero-order valence-corrected chi connectivity index (χ0v) is 12.1. The molecule has 1 N–H and O–H groups in total. The Morgan fingerprint density at radius 2 is 2.19 bits per heavy atom. The summed E-state index contributed by atoms with van der Waals surface area (Å²) in [6.07, 6.45) is 0. The summed E-state index contributed by atoms with van der Waals surface area (Å²) in [5, 5.41) is 2.72. The lowest BCUT2D eigenvalue weighted by Gasteiger charge is -2.42. The standard InChI is InChI=1S/C15H18N2O4/c1-15(2)9-20-6-5-17(15)14(19)10-3-4-12-11(7-10)16-13(18)8-21-12/h3-4,7H,5-6,8-9H2,1-2H3,(H,16,18). The van der Waals surface area contributed by atoms with E-state index in [9.17, 15) is 9.59 Å². The maximum Gasteiger partial charge on any atom is 0.262 e. The van der Waals surface area contributed by atoms with Gasteiger partial charge in [0.15, 0.2) is 6.61 Å². The molecule has 3 rings (SSSR count). The molecule has 1 fully saturated rings. The Hall–Kier alpha value is -2.08. The highest BCUT2D eigenvalue weighted by atomic mass is 16.5. The molecule has 6 heteroatoms. The van der Waals surface area contributed by atoms with Crippen LogP contribution in [0.3, 0.4) is 0 Å². The first-order valence-corrected chi connectivity index (χ1v) is 6.94. The molecule has 21 heavy (non-hydrogen) atoms. The second-order valence-electron chi connectivity index (χ2n) is 5.87. The van der Waals surface area contributed by atoms with Gasteiger partial charge in [-0.2, -0.15) is 0 Å². The van der Waals surface area contributed by atoms with Gasteiger partial charge < -0.3 is 19.7 Å². The summed E-state index contributed by atoms with van der Waals surface area (Å²) in [5.41, 5.74) is 0.739. The number of amides is 2. The quantitative estimate of drug-likeness (QED) is 0.845. The van der Waals surface area contributed by atoms with E-state index in [0.717, 1.165) is 0 Å². The number of nitrogens with zero attached hydrogens (tertiary/aromatic N) is 1. The van der Waals surface area contributed by atoms with Gasteiger partial charge >= 0.3 is 0 Å². The molecule has 0 spiro atoms. The van der Waals surface area contributed by atoms with Crippen LogP contribution in [-0.4, -0.2) is 48.6 Å². The van der Waals surface area contributed by atoms with Crippen molar-refractivity contribution >= 4 is 17.5 Å². The predicted molar refractivity (Wildman–Crippen MR) is 76.5 cm³/mol. The average molecular weight is 290 g/mol. The number of hydrogen-bond donors (Lipinski definition) is 1. The van der Waals surface area contributed by atoms with Crippen molar-refractivity contribution in [2.24, 2.45) is 0 Å². The Balaban J connectivity index is 1.88. The molecule has 1 aromatic rings. The molecular formula is C15H18N2O4. The first-order chi connectivity index (χ1) is 9.97. The lowest BCUT2D eigenvalue weighted by Crippen LogP contribution is -2.55. The van der Waals surface area contributed by atoms with Crippen LogP contribution in [0.25, 0.3) is 0 Å². The maximum atomic E-state index is 12.7. The monoisotopic (exact) mass is 290 g/mol. The number of carbonyl (C=O) groups excluding carboxylic acids is 2. The van der Waals surface area contributed by atoms with Crippen LogP contribution in [0.1, 0.15) is 24.2 Å². The van der Waals surface area contributed by atoms with Crippen LogP contribution >= 0.6 is 0 Å². The van der Waals surface area contributed by atoms with E-state index in [1.807, 2.05) is 18.7 Å². The number of fused-ring (bicyclic) bond motifs is 1. The fourth-order valence-electron chi connectivity index (χ4n) is 2.61. The number of hydrogen-bond acceptors (Lipinski definition) is 4. The lowest BCUT2D eigenvalue weighted by molar-refractivity contribution is -0.118. The number of carbonyl (C=O) groups is 2. The van der Waals surface area contributed by atoms with Crippen molar-refractivity contribution in [1.29, 1.82) is 0 Å². The van der Waals surface area contributed by atoms with Gasteiger partial charge in [-0.25, -0.2) is 0 Å². The molecular weight excluding hydrogens is 272 g/mol. The Morgan fingerprint density at radius 1 is 1.38 bits per heavy atom. The Labute approximate surface area is 123 Å². The number of anilines is 1. The summed E-state index contributed by atoms with van der Waals surface area (Å²) in [6, 6.07) is 5.11. The van der Waals surface area contributed by atoms with Gasteiger partial charge in [0, 0.05) is 12.1 Å². The van der Waals surface area contributed by atoms with Gasteiger partial charge in [0.2, 0.25) is 0 Å². The van der Waals surface area contributed by atoms with Crippen molar-refractivity contribution < 1.29 is 19.1 Å². The second kappa shape index (κ2) is 5.04.